The number of rotatable bonds is 1. The second-order valence-corrected chi connectivity index (χ2v) is 6.16. The molecule has 1 aromatic carbocycles. The lowest BCUT2D eigenvalue weighted by molar-refractivity contribution is 0.0534. The van der Waals surface area contributed by atoms with E-state index < -0.39 is 17.2 Å². The van der Waals surface area contributed by atoms with Crippen LogP contribution in [0.4, 0.5) is 0 Å². The summed E-state index contributed by atoms with van der Waals surface area (Å²) in [4.78, 5) is 41.8. The van der Waals surface area contributed by atoms with Gasteiger partial charge in [0, 0.05) is 19.7 Å². The fraction of sp³-hybridized carbons (Fsp3) is 0.222. The van der Waals surface area contributed by atoms with E-state index in [0.29, 0.717) is 16.8 Å². The van der Waals surface area contributed by atoms with Crippen molar-refractivity contribution in [3.63, 3.8) is 0 Å². The second kappa shape index (κ2) is 5.14. The number of nitrogens with zero attached hydrogens (tertiary/aromatic N) is 3. The molecule has 0 atom stereocenters. The van der Waals surface area contributed by atoms with Gasteiger partial charge in [-0.3, -0.25) is 13.9 Å². The molecular weight excluding hydrogens is 322 g/mol. The van der Waals surface area contributed by atoms with E-state index in [1.807, 2.05) is 31.2 Å². The molecule has 1 aliphatic heterocycles. The van der Waals surface area contributed by atoms with E-state index in [-0.39, 0.29) is 17.6 Å². The highest BCUT2D eigenvalue weighted by atomic mass is 16.5. The monoisotopic (exact) mass is 337 g/mol. The molecule has 0 amide bonds. The van der Waals surface area contributed by atoms with Crippen LogP contribution >= 0.6 is 0 Å². The third-order valence-electron chi connectivity index (χ3n) is 4.51. The van der Waals surface area contributed by atoms with Crippen LogP contribution in [-0.4, -0.2) is 20.1 Å². The van der Waals surface area contributed by atoms with E-state index in [1.165, 1.54) is 11.6 Å². The lowest BCUT2D eigenvalue weighted by Crippen LogP contribution is -2.37. The van der Waals surface area contributed by atoms with Gasteiger partial charge < -0.3 is 4.74 Å². The highest BCUT2D eigenvalue weighted by Gasteiger charge is 2.31. The minimum Gasteiger partial charge on any atom is -0.455 e. The van der Waals surface area contributed by atoms with E-state index in [0.717, 1.165) is 15.7 Å². The molecule has 3 heterocycles. The average molecular weight is 337 g/mol. The summed E-state index contributed by atoms with van der Waals surface area (Å²) < 4.78 is 7.47. The maximum atomic E-state index is 12.8. The van der Waals surface area contributed by atoms with Gasteiger partial charge in [0.05, 0.1) is 16.6 Å². The van der Waals surface area contributed by atoms with Crippen LogP contribution in [0.15, 0.2) is 33.9 Å². The summed E-state index contributed by atoms with van der Waals surface area (Å²) in [5.74, 6) is -0.503. The molecule has 4 rings (SSSR count). The Hall–Kier alpha value is -3.22. The number of carbonyl (C=O) groups is 1. The Morgan fingerprint density at radius 2 is 1.84 bits per heavy atom. The van der Waals surface area contributed by atoms with Crippen molar-refractivity contribution >= 4 is 17.0 Å². The average Bonchev–Trinajstić information content (AvgIpc) is 2.97. The van der Waals surface area contributed by atoms with Crippen LogP contribution in [-0.2, 0) is 25.4 Å². The summed E-state index contributed by atoms with van der Waals surface area (Å²) in [7, 11) is 2.97. The van der Waals surface area contributed by atoms with Crippen LogP contribution < -0.4 is 11.2 Å². The first kappa shape index (κ1) is 15.3. The van der Waals surface area contributed by atoms with Crippen molar-refractivity contribution in [1.82, 2.24) is 14.1 Å². The molecule has 0 bridgehead atoms. The molecule has 2 aromatic heterocycles. The molecule has 0 N–H and O–H groups in total. The third kappa shape index (κ3) is 2.05. The number of aryl methyl sites for hydroxylation is 2. The highest BCUT2D eigenvalue weighted by Crippen LogP contribution is 2.34. The Bertz CT molecular complexity index is 1190. The lowest BCUT2D eigenvalue weighted by Gasteiger charge is -2.13. The summed E-state index contributed by atoms with van der Waals surface area (Å²) in [5.41, 5.74) is 2.23. The predicted molar refractivity (Wildman–Crippen MR) is 91.5 cm³/mol. The molecule has 0 fully saturated rings. The molecule has 25 heavy (non-hydrogen) atoms. The zero-order valence-corrected chi connectivity index (χ0v) is 14.0. The van der Waals surface area contributed by atoms with E-state index in [1.54, 1.807) is 7.05 Å². The van der Waals surface area contributed by atoms with Gasteiger partial charge in [-0.25, -0.2) is 14.6 Å². The summed E-state index contributed by atoms with van der Waals surface area (Å²) in [6.45, 7) is 1.96. The van der Waals surface area contributed by atoms with E-state index in [2.05, 4.69) is 4.98 Å². The molecular formula is C18H15N3O4. The Morgan fingerprint density at radius 1 is 1.08 bits per heavy atom. The van der Waals surface area contributed by atoms with Gasteiger partial charge in [-0.1, -0.05) is 29.8 Å². The van der Waals surface area contributed by atoms with Gasteiger partial charge in [-0.05, 0) is 12.5 Å². The van der Waals surface area contributed by atoms with Gasteiger partial charge >= 0.3 is 11.7 Å². The van der Waals surface area contributed by atoms with E-state index in [9.17, 15) is 14.4 Å². The zero-order valence-electron chi connectivity index (χ0n) is 14.0. The van der Waals surface area contributed by atoms with Crippen molar-refractivity contribution in [2.24, 2.45) is 14.1 Å². The number of pyridine rings is 1. The van der Waals surface area contributed by atoms with Gasteiger partial charge in [0.15, 0.2) is 0 Å². The number of fused-ring (bicyclic) bond motifs is 2. The van der Waals surface area contributed by atoms with E-state index in [4.69, 9.17) is 4.74 Å². The fourth-order valence-corrected chi connectivity index (χ4v) is 3.26. The molecule has 0 spiro atoms. The number of benzene rings is 1. The standard InChI is InChI=1S/C18H15N3O4/c1-9-5-4-6-10(7-9)12-13-11(8-25-17(13)23)19-15-14(12)16(22)21(3)18(24)20(15)2/h4-7H,8H2,1-3H3. The largest absolute Gasteiger partial charge is 0.455 e. The Morgan fingerprint density at radius 3 is 2.56 bits per heavy atom. The molecule has 3 aromatic rings. The molecule has 0 aliphatic carbocycles. The number of ether oxygens (including phenoxy) is 1. The molecule has 0 radical (unpaired) electrons. The Balaban J connectivity index is 2.31. The van der Waals surface area contributed by atoms with Crippen LogP contribution in [0.5, 0.6) is 0 Å². The molecule has 7 nitrogen and oxygen atoms in total. The second-order valence-electron chi connectivity index (χ2n) is 6.16. The number of carbonyl (C=O) groups excluding carboxylic acids is 1. The molecule has 7 heteroatoms. The van der Waals surface area contributed by atoms with Gasteiger partial charge in [0.2, 0.25) is 0 Å². The molecule has 0 unspecified atom stereocenters. The van der Waals surface area contributed by atoms with Gasteiger partial charge in [-0.15, -0.1) is 0 Å². The van der Waals surface area contributed by atoms with Crippen molar-refractivity contribution in [1.29, 1.82) is 0 Å². The molecule has 126 valence electrons. The summed E-state index contributed by atoms with van der Waals surface area (Å²) >= 11 is 0. The summed E-state index contributed by atoms with van der Waals surface area (Å²) in [5, 5.41) is 0.243. The van der Waals surface area contributed by atoms with Crippen molar-refractivity contribution in [3.8, 4) is 11.1 Å². The highest BCUT2D eigenvalue weighted by molar-refractivity contribution is 6.08. The smallest absolute Gasteiger partial charge is 0.341 e. The minimum absolute atomic E-state index is 0.0341. The maximum absolute atomic E-state index is 12.8. The van der Waals surface area contributed by atoms with Crippen LogP contribution in [0.25, 0.3) is 22.2 Å². The topological polar surface area (TPSA) is 83.2 Å². The minimum atomic E-state index is -0.503. The molecule has 0 saturated heterocycles. The molecule has 1 aliphatic rings. The van der Waals surface area contributed by atoms with Crippen LogP contribution in [0, 0.1) is 6.92 Å². The maximum Gasteiger partial charge on any atom is 0.341 e. The van der Waals surface area contributed by atoms with Crippen LogP contribution in [0.3, 0.4) is 0 Å². The van der Waals surface area contributed by atoms with Crippen molar-refractivity contribution in [2.75, 3.05) is 0 Å². The summed E-state index contributed by atoms with van der Waals surface area (Å²) in [6, 6.07) is 7.51. The SMILES string of the molecule is Cc1cccc(-c2c3c(nc4c2c(=O)n(C)c(=O)n4C)COC3=O)c1. The van der Waals surface area contributed by atoms with Crippen molar-refractivity contribution < 1.29 is 9.53 Å². The Labute approximate surface area is 142 Å². The quantitative estimate of drug-likeness (QED) is 0.625. The number of aromatic nitrogens is 3. The van der Waals surface area contributed by atoms with E-state index >= 15 is 0 Å². The predicted octanol–water partition coefficient (Wildman–Crippen LogP) is 1.28. The fourth-order valence-electron chi connectivity index (χ4n) is 3.26. The first-order valence-electron chi connectivity index (χ1n) is 7.77. The zero-order chi connectivity index (χ0) is 17.9. The first-order valence-corrected chi connectivity index (χ1v) is 7.77. The number of esters is 1. The van der Waals surface area contributed by atoms with Gasteiger partial charge in [-0.2, -0.15) is 0 Å². The summed E-state index contributed by atoms with van der Waals surface area (Å²) in [6.07, 6.45) is 0. The number of cyclic esters (lactones) is 1. The number of hydrogen-bond donors (Lipinski definition) is 0. The van der Waals surface area contributed by atoms with Gasteiger partial charge in [0.25, 0.3) is 5.56 Å². The number of hydrogen-bond acceptors (Lipinski definition) is 5. The normalized spacial score (nSPS) is 13.2. The third-order valence-corrected chi connectivity index (χ3v) is 4.51. The Kier molecular flexibility index (Phi) is 3.15. The lowest BCUT2D eigenvalue weighted by atomic mass is 9.95. The van der Waals surface area contributed by atoms with Crippen molar-refractivity contribution in [2.45, 2.75) is 13.5 Å². The molecule has 0 saturated carbocycles. The first-order chi connectivity index (χ1) is 11.9. The van der Waals surface area contributed by atoms with Crippen LogP contribution in [0.2, 0.25) is 0 Å². The van der Waals surface area contributed by atoms with Crippen molar-refractivity contribution in [3.05, 3.63) is 61.9 Å². The van der Waals surface area contributed by atoms with Crippen LogP contribution in [0.1, 0.15) is 21.6 Å². The van der Waals surface area contributed by atoms with Gasteiger partial charge in [0.1, 0.15) is 12.3 Å².